The molecule has 1 aromatic carbocycles. The van der Waals surface area contributed by atoms with Gasteiger partial charge in [0.05, 0.1) is 23.4 Å². The van der Waals surface area contributed by atoms with Gasteiger partial charge in [0, 0.05) is 51.2 Å². The molecule has 0 saturated carbocycles. The lowest BCUT2D eigenvalue weighted by molar-refractivity contribution is 0.0681. The van der Waals surface area contributed by atoms with Gasteiger partial charge in [-0.05, 0) is 23.8 Å². The van der Waals surface area contributed by atoms with E-state index in [-0.39, 0.29) is 24.7 Å². The third-order valence-electron chi connectivity index (χ3n) is 4.23. The predicted molar refractivity (Wildman–Crippen MR) is 106 cm³/mol. The van der Waals surface area contributed by atoms with E-state index in [4.69, 9.17) is 0 Å². The lowest BCUT2D eigenvalue weighted by Crippen LogP contribution is -2.35. The molecule has 6 nitrogen and oxygen atoms in total. The molecule has 2 aromatic heterocycles. The summed E-state index contributed by atoms with van der Waals surface area (Å²) in [5.41, 5.74) is 2.42. The molecule has 0 unspecified atom stereocenters. The van der Waals surface area contributed by atoms with Crippen molar-refractivity contribution in [3.63, 3.8) is 0 Å². The maximum absolute atomic E-state index is 13.3. The van der Waals surface area contributed by atoms with Gasteiger partial charge in [-0.25, -0.2) is 4.39 Å². The van der Waals surface area contributed by atoms with Gasteiger partial charge in [0.1, 0.15) is 5.82 Å². The second kappa shape index (κ2) is 9.13. The van der Waals surface area contributed by atoms with E-state index in [0.29, 0.717) is 16.7 Å². The van der Waals surface area contributed by atoms with Crippen molar-refractivity contribution in [2.75, 3.05) is 13.6 Å². The summed E-state index contributed by atoms with van der Waals surface area (Å²) < 4.78 is 14.9. The fourth-order valence-corrected chi connectivity index (χ4v) is 2.88. The first-order valence-corrected chi connectivity index (χ1v) is 9.04. The van der Waals surface area contributed by atoms with Crippen LogP contribution < -0.4 is 0 Å². The van der Waals surface area contributed by atoms with Crippen LogP contribution in [0.15, 0.2) is 55.1 Å². The Balaban J connectivity index is 1.64. The molecule has 29 heavy (non-hydrogen) atoms. The highest BCUT2D eigenvalue weighted by atomic mass is 19.1. The lowest BCUT2D eigenvalue weighted by Gasteiger charge is -2.21. The summed E-state index contributed by atoms with van der Waals surface area (Å²) in [6.07, 6.45) is 5.94. The van der Waals surface area contributed by atoms with Crippen molar-refractivity contribution in [2.24, 2.45) is 7.05 Å². The monoisotopic (exact) mass is 392 g/mol. The molecule has 3 aromatic rings. The normalized spacial score (nSPS) is 11.4. The van der Waals surface area contributed by atoms with Crippen LogP contribution in [0.1, 0.15) is 27.0 Å². The molecule has 0 aliphatic heterocycles. The molecule has 148 valence electrons. The zero-order chi connectivity index (χ0) is 20.8. The molecule has 0 spiro atoms. The van der Waals surface area contributed by atoms with Crippen LogP contribution in [-0.4, -0.2) is 50.4 Å². The highest BCUT2D eigenvalue weighted by Gasteiger charge is 2.16. The summed E-state index contributed by atoms with van der Waals surface area (Å²) in [5.74, 6) is 5.31. The van der Waals surface area contributed by atoms with Crippen molar-refractivity contribution >= 4 is 5.91 Å². The number of amides is 1. The number of pyridine rings is 1. The smallest absolute Gasteiger partial charge is 0.255 e. The van der Waals surface area contributed by atoms with Crippen LogP contribution in [0.4, 0.5) is 4.39 Å². The Kier molecular flexibility index (Phi) is 6.37. The fraction of sp³-hybridized carbons (Fsp3) is 0.227. The number of carbonyl (C=O) groups excluding carboxylic acids is 1. The molecule has 1 amide bonds. The molecule has 0 aliphatic rings. The highest BCUT2D eigenvalue weighted by Crippen LogP contribution is 2.10. The molecular weight excluding hydrogens is 371 g/mol. The van der Waals surface area contributed by atoms with Gasteiger partial charge in [0.15, 0.2) is 0 Å². The molecule has 2 heterocycles. The zero-order valence-corrected chi connectivity index (χ0v) is 16.2. The van der Waals surface area contributed by atoms with Crippen LogP contribution in [-0.2, 0) is 13.5 Å². The summed E-state index contributed by atoms with van der Waals surface area (Å²) in [7, 11) is 3.41. The maximum atomic E-state index is 13.3. The third-order valence-corrected chi connectivity index (χ3v) is 4.23. The van der Waals surface area contributed by atoms with E-state index in [0.717, 1.165) is 5.56 Å². The minimum absolute atomic E-state index is 0.112. The van der Waals surface area contributed by atoms with Crippen molar-refractivity contribution in [3.05, 3.63) is 83.2 Å². The number of hydrogen-bond donors (Lipinski definition) is 1. The summed E-state index contributed by atoms with van der Waals surface area (Å²) >= 11 is 0. The van der Waals surface area contributed by atoms with Crippen molar-refractivity contribution < 1.29 is 14.3 Å². The highest BCUT2D eigenvalue weighted by molar-refractivity contribution is 5.94. The molecule has 3 rings (SSSR count). The van der Waals surface area contributed by atoms with Gasteiger partial charge >= 0.3 is 0 Å². The van der Waals surface area contributed by atoms with Gasteiger partial charge in [-0.15, -0.1) is 0 Å². The number of halogens is 1. The van der Waals surface area contributed by atoms with Gasteiger partial charge in [-0.2, -0.15) is 5.10 Å². The second-order valence-electron chi connectivity index (χ2n) is 6.79. The van der Waals surface area contributed by atoms with Gasteiger partial charge < -0.3 is 10.0 Å². The minimum atomic E-state index is -0.813. The topological polar surface area (TPSA) is 71.2 Å². The number of carbonyl (C=O) groups is 1. The van der Waals surface area contributed by atoms with Crippen LogP contribution in [0.25, 0.3) is 0 Å². The third kappa shape index (κ3) is 5.74. The zero-order valence-electron chi connectivity index (χ0n) is 16.2. The van der Waals surface area contributed by atoms with Gasteiger partial charge in [0.2, 0.25) is 0 Å². The van der Waals surface area contributed by atoms with Crippen molar-refractivity contribution in [2.45, 2.75) is 12.5 Å². The Hall–Kier alpha value is -3.50. The Morgan fingerprint density at radius 3 is 2.76 bits per heavy atom. The largest absolute Gasteiger partial charge is 0.391 e. The molecule has 1 atom stereocenters. The van der Waals surface area contributed by atoms with E-state index in [9.17, 15) is 14.3 Å². The first-order valence-electron chi connectivity index (χ1n) is 9.04. The molecule has 7 heteroatoms. The Bertz CT molecular complexity index is 1070. The van der Waals surface area contributed by atoms with Crippen molar-refractivity contribution in [3.8, 4) is 11.8 Å². The van der Waals surface area contributed by atoms with Crippen LogP contribution in [0.5, 0.6) is 0 Å². The Morgan fingerprint density at radius 2 is 2.03 bits per heavy atom. The number of nitrogens with zero attached hydrogens (tertiary/aromatic N) is 4. The van der Waals surface area contributed by atoms with Crippen LogP contribution >= 0.6 is 0 Å². The molecule has 0 saturated heterocycles. The lowest BCUT2D eigenvalue weighted by atomic mass is 10.1. The SMILES string of the molecule is CN(C[C@@H](O)Cc1cccc(F)c1)C(=O)c1cncc(C#Cc2cnn(C)c2)c1. The van der Waals surface area contributed by atoms with Crippen molar-refractivity contribution in [1.29, 1.82) is 0 Å². The quantitative estimate of drug-likeness (QED) is 0.675. The summed E-state index contributed by atoms with van der Waals surface area (Å²) in [4.78, 5) is 18.2. The maximum Gasteiger partial charge on any atom is 0.255 e. The van der Waals surface area contributed by atoms with E-state index in [1.807, 2.05) is 7.05 Å². The first kappa shape index (κ1) is 20.2. The minimum Gasteiger partial charge on any atom is -0.391 e. The standard InChI is InChI=1S/C22H21FN4O2/c1-26(15-21(28)10-16-4-3-5-20(23)9-16)22(29)19-8-17(11-24-13-19)6-7-18-12-25-27(2)14-18/h3-5,8-9,11-14,21,28H,10,15H2,1-2H3/t21-/m0/s1. The number of rotatable bonds is 5. The summed E-state index contributed by atoms with van der Waals surface area (Å²) in [6.45, 7) is 0.112. The average molecular weight is 392 g/mol. The number of likely N-dealkylation sites (N-methyl/N-ethyl adjacent to an activating group) is 1. The van der Waals surface area contributed by atoms with Gasteiger partial charge in [-0.3, -0.25) is 14.5 Å². The molecule has 0 fully saturated rings. The average Bonchev–Trinajstić information content (AvgIpc) is 3.11. The first-order chi connectivity index (χ1) is 13.9. The van der Waals surface area contributed by atoms with Gasteiger partial charge in [0.25, 0.3) is 5.91 Å². The second-order valence-corrected chi connectivity index (χ2v) is 6.79. The van der Waals surface area contributed by atoms with E-state index in [2.05, 4.69) is 21.9 Å². The molecule has 0 bridgehead atoms. The molecule has 0 aliphatic carbocycles. The predicted octanol–water partition coefficient (Wildman–Crippen LogP) is 2.03. The summed E-state index contributed by atoms with van der Waals surface area (Å²) in [6, 6.07) is 7.72. The molecular formula is C22H21FN4O2. The van der Waals surface area contributed by atoms with Crippen molar-refractivity contribution in [1.82, 2.24) is 19.7 Å². The van der Waals surface area contributed by atoms with E-state index in [1.165, 1.54) is 23.2 Å². The fourth-order valence-electron chi connectivity index (χ4n) is 2.88. The Labute approximate surface area is 168 Å². The number of hydrogen-bond acceptors (Lipinski definition) is 4. The van der Waals surface area contributed by atoms with Crippen LogP contribution in [0.3, 0.4) is 0 Å². The van der Waals surface area contributed by atoms with Gasteiger partial charge in [-0.1, -0.05) is 24.0 Å². The Morgan fingerprint density at radius 1 is 1.24 bits per heavy atom. The number of aliphatic hydroxyl groups is 1. The van der Waals surface area contributed by atoms with Crippen LogP contribution in [0, 0.1) is 17.7 Å². The number of aromatic nitrogens is 3. The molecule has 1 N–H and O–H groups in total. The molecule has 0 radical (unpaired) electrons. The van der Waals surface area contributed by atoms with E-state index in [1.54, 1.807) is 48.5 Å². The summed E-state index contributed by atoms with van der Waals surface area (Å²) in [5, 5.41) is 14.3. The van der Waals surface area contributed by atoms with E-state index >= 15 is 0 Å². The number of aryl methyl sites for hydroxylation is 1. The van der Waals surface area contributed by atoms with Crippen LogP contribution in [0.2, 0.25) is 0 Å². The number of benzene rings is 1. The van der Waals surface area contributed by atoms with E-state index < -0.39 is 6.10 Å². The number of aliphatic hydroxyl groups excluding tert-OH is 1.